The van der Waals surface area contributed by atoms with Crippen LogP contribution in [0.5, 0.6) is 5.88 Å². The van der Waals surface area contributed by atoms with Gasteiger partial charge in [0.1, 0.15) is 5.82 Å². The molecule has 1 aromatic heterocycles. The summed E-state index contributed by atoms with van der Waals surface area (Å²) in [4.78, 5) is 3.86. The quantitative estimate of drug-likeness (QED) is 0.775. The molecule has 1 aliphatic rings. The van der Waals surface area contributed by atoms with Gasteiger partial charge in [0.2, 0.25) is 5.88 Å². The zero-order valence-corrected chi connectivity index (χ0v) is 7.88. The Labute approximate surface area is 81.6 Å². The van der Waals surface area contributed by atoms with Gasteiger partial charge >= 0.3 is 0 Å². The van der Waals surface area contributed by atoms with Crippen molar-refractivity contribution < 1.29 is 9.13 Å². The van der Waals surface area contributed by atoms with E-state index in [-0.39, 0.29) is 5.82 Å². The fourth-order valence-electron chi connectivity index (χ4n) is 1.48. The van der Waals surface area contributed by atoms with Crippen LogP contribution in [-0.2, 0) is 0 Å². The second-order valence-electron chi connectivity index (χ2n) is 3.04. The summed E-state index contributed by atoms with van der Waals surface area (Å²) in [7, 11) is 1.53. The summed E-state index contributed by atoms with van der Waals surface area (Å²) < 4.78 is 18.0. The first kappa shape index (κ1) is 8.99. The van der Waals surface area contributed by atoms with Crippen LogP contribution in [0.1, 0.15) is 12.0 Å². The number of ether oxygens (including phenoxy) is 1. The monoisotopic (exact) mass is 194 g/mol. The van der Waals surface area contributed by atoms with E-state index in [1.807, 2.05) is 6.08 Å². The summed E-state index contributed by atoms with van der Waals surface area (Å²) in [5.74, 6) is 0.0995. The molecule has 2 rings (SSSR count). The Bertz CT molecular complexity index is 376. The van der Waals surface area contributed by atoms with Gasteiger partial charge in [0.05, 0.1) is 18.9 Å². The number of pyridine rings is 1. The van der Waals surface area contributed by atoms with E-state index in [4.69, 9.17) is 4.74 Å². The number of aromatic nitrogens is 1. The molecular weight excluding hydrogens is 183 g/mol. The molecule has 0 aliphatic carbocycles. The first-order valence-electron chi connectivity index (χ1n) is 4.45. The van der Waals surface area contributed by atoms with Gasteiger partial charge in [-0.15, -0.1) is 0 Å². The third kappa shape index (κ3) is 1.55. The summed E-state index contributed by atoms with van der Waals surface area (Å²) >= 11 is 0. The maximum absolute atomic E-state index is 13.0. The standard InChI is InChI=1S/C10H11FN2O/c1-14-10-8(5-7(11)6-13-10)9-3-2-4-12-9/h3,5-6,12H,2,4H2,1H3. The van der Waals surface area contributed by atoms with Crippen LogP contribution in [0.2, 0.25) is 0 Å². The van der Waals surface area contributed by atoms with E-state index < -0.39 is 0 Å². The molecule has 0 saturated heterocycles. The average Bonchev–Trinajstić information content (AvgIpc) is 2.70. The fraction of sp³-hybridized carbons (Fsp3) is 0.300. The largest absolute Gasteiger partial charge is 0.481 e. The van der Waals surface area contributed by atoms with Gasteiger partial charge < -0.3 is 10.1 Å². The van der Waals surface area contributed by atoms with Crippen molar-refractivity contribution in [3.63, 3.8) is 0 Å². The van der Waals surface area contributed by atoms with Crippen molar-refractivity contribution in [1.82, 2.24) is 10.3 Å². The highest BCUT2D eigenvalue weighted by Crippen LogP contribution is 2.24. The van der Waals surface area contributed by atoms with Crippen LogP contribution < -0.4 is 10.1 Å². The summed E-state index contributed by atoms with van der Waals surface area (Å²) in [6, 6.07) is 1.43. The van der Waals surface area contributed by atoms with E-state index in [1.165, 1.54) is 13.2 Å². The maximum Gasteiger partial charge on any atom is 0.222 e. The number of methoxy groups -OCH3 is 1. The molecular formula is C10H11FN2O. The van der Waals surface area contributed by atoms with Crippen LogP contribution in [0, 0.1) is 5.82 Å². The van der Waals surface area contributed by atoms with Gasteiger partial charge in [-0.2, -0.15) is 0 Å². The first-order chi connectivity index (χ1) is 6.81. The minimum atomic E-state index is -0.351. The van der Waals surface area contributed by atoms with Crippen LogP contribution in [0.3, 0.4) is 0 Å². The van der Waals surface area contributed by atoms with E-state index in [2.05, 4.69) is 10.3 Å². The van der Waals surface area contributed by atoms with Gasteiger partial charge in [-0.3, -0.25) is 0 Å². The molecule has 0 spiro atoms. The van der Waals surface area contributed by atoms with Crippen LogP contribution in [0.15, 0.2) is 18.3 Å². The molecule has 3 nitrogen and oxygen atoms in total. The first-order valence-corrected chi connectivity index (χ1v) is 4.45. The van der Waals surface area contributed by atoms with Gasteiger partial charge in [-0.25, -0.2) is 9.37 Å². The van der Waals surface area contributed by atoms with Crippen molar-refractivity contribution in [3.05, 3.63) is 29.7 Å². The van der Waals surface area contributed by atoms with Crippen LogP contribution >= 0.6 is 0 Å². The summed E-state index contributed by atoms with van der Waals surface area (Å²) in [6.45, 7) is 0.884. The van der Waals surface area contributed by atoms with Crippen LogP contribution in [0.4, 0.5) is 4.39 Å². The lowest BCUT2D eigenvalue weighted by molar-refractivity contribution is 0.394. The van der Waals surface area contributed by atoms with Gasteiger partial charge in [0, 0.05) is 12.2 Å². The normalized spacial score (nSPS) is 14.9. The second-order valence-corrected chi connectivity index (χ2v) is 3.04. The van der Waals surface area contributed by atoms with E-state index in [0.29, 0.717) is 11.4 Å². The number of nitrogens with zero attached hydrogens (tertiary/aromatic N) is 1. The predicted octanol–water partition coefficient (Wildman–Crippen LogP) is 1.56. The van der Waals surface area contributed by atoms with Crippen molar-refractivity contribution >= 4 is 5.70 Å². The van der Waals surface area contributed by atoms with E-state index in [9.17, 15) is 4.39 Å². The highest BCUT2D eigenvalue weighted by atomic mass is 19.1. The SMILES string of the molecule is COc1ncc(F)cc1C1=CCCN1. The lowest BCUT2D eigenvalue weighted by atomic mass is 10.2. The Kier molecular flexibility index (Phi) is 2.35. The molecule has 1 N–H and O–H groups in total. The third-order valence-corrected chi connectivity index (χ3v) is 2.11. The number of hydrogen-bond acceptors (Lipinski definition) is 3. The third-order valence-electron chi connectivity index (χ3n) is 2.11. The van der Waals surface area contributed by atoms with Crippen LogP contribution in [-0.4, -0.2) is 18.6 Å². The zero-order chi connectivity index (χ0) is 9.97. The molecule has 0 atom stereocenters. The zero-order valence-electron chi connectivity index (χ0n) is 7.88. The van der Waals surface area contributed by atoms with Crippen molar-refractivity contribution in [2.24, 2.45) is 0 Å². The molecule has 0 aromatic carbocycles. The predicted molar refractivity (Wildman–Crippen MR) is 51.3 cm³/mol. The molecule has 0 bridgehead atoms. The molecule has 0 saturated carbocycles. The van der Waals surface area contributed by atoms with Gasteiger partial charge in [-0.1, -0.05) is 6.08 Å². The van der Waals surface area contributed by atoms with Gasteiger partial charge in [0.25, 0.3) is 0 Å². The second kappa shape index (κ2) is 3.65. The lowest BCUT2D eigenvalue weighted by Gasteiger charge is -2.08. The summed E-state index contributed by atoms with van der Waals surface area (Å²) in [6.07, 6.45) is 4.12. The highest BCUT2D eigenvalue weighted by Gasteiger charge is 2.13. The van der Waals surface area contributed by atoms with Gasteiger partial charge in [0.15, 0.2) is 0 Å². The fourth-order valence-corrected chi connectivity index (χ4v) is 1.48. The van der Waals surface area contributed by atoms with Crippen molar-refractivity contribution in [2.45, 2.75) is 6.42 Å². The van der Waals surface area contributed by atoms with Crippen LogP contribution in [0.25, 0.3) is 5.70 Å². The topological polar surface area (TPSA) is 34.1 Å². The minimum Gasteiger partial charge on any atom is -0.481 e. The molecule has 0 radical (unpaired) electrons. The molecule has 74 valence electrons. The average molecular weight is 194 g/mol. The minimum absolute atomic E-state index is 0.351. The molecule has 0 amide bonds. The lowest BCUT2D eigenvalue weighted by Crippen LogP contribution is -2.08. The summed E-state index contributed by atoms with van der Waals surface area (Å²) in [5.41, 5.74) is 1.58. The number of halogens is 1. The van der Waals surface area contributed by atoms with Crippen molar-refractivity contribution in [2.75, 3.05) is 13.7 Å². The number of rotatable bonds is 2. The number of hydrogen-bond donors (Lipinski definition) is 1. The summed E-state index contributed by atoms with van der Waals surface area (Å²) in [5, 5.41) is 3.15. The maximum atomic E-state index is 13.0. The number of nitrogens with one attached hydrogen (secondary N) is 1. The Balaban J connectivity index is 2.43. The highest BCUT2D eigenvalue weighted by molar-refractivity contribution is 5.69. The molecule has 0 unspecified atom stereocenters. The van der Waals surface area contributed by atoms with Crippen molar-refractivity contribution in [3.8, 4) is 5.88 Å². The Morgan fingerprint density at radius 3 is 3.07 bits per heavy atom. The molecule has 14 heavy (non-hydrogen) atoms. The Hall–Kier alpha value is -1.58. The molecule has 0 fully saturated rings. The smallest absolute Gasteiger partial charge is 0.222 e. The Morgan fingerprint density at radius 1 is 1.57 bits per heavy atom. The Morgan fingerprint density at radius 2 is 2.43 bits per heavy atom. The molecule has 1 aromatic rings. The van der Waals surface area contributed by atoms with E-state index in [1.54, 1.807) is 0 Å². The van der Waals surface area contributed by atoms with E-state index >= 15 is 0 Å². The molecule has 1 aliphatic heterocycles. The molecule has 4 heteroatoms. The van der Waals surface area contributed by atoms with Crippen molar-refractivity contribution in [1.29, 1.82) is 0 Å². The molecule has 2 heterocycles. The van der Waals surface area contributed by atoms with Gasteiger partial charge in [-0.05, 0) is 12.5 Å². The van der Waals surface area contributed by atoms with E-state index in [0.717, 1.165) is 24.9 Å².